The van der Waals surface area contributed by atoms with Gasteiger partial charge in [0.15, 0.2) is 6.61 Å². The summed E-state index contributed by atoms with van der Waals surface area (Å²) in [5.41, 5.74) is 3.28. The van der Waals surface area contributed by atoms with Gasteiger partial charge in [0.05, 0.1) is 5.56 Å². The number of amides is 1. The van der Waals surface area contributed by atoms with E-state index in [-0.39, 0.29) is 12.5 Å². The Morgan fingerprint density at radius 2 is 1.62 bits per heavy atom. The molecule has 0 aliphatic rings. The molecule has 1 amide bonds. The van der Waals surface area contributed by atoms with Gasteiger partial charge in [-0.05, 0) is 56.2 Å². The number of aryl methyl sites for hydroxylation is 1. The number of hydrogen-bond acceptors (Lipinski definition) is 4. The molecule has 0 spiro atoms. The Morgan fingerprint density at radius 1 is 0.962 bits per heavy atom. The first-order valence-corrected chi connectivity index (χ1v) is 8.98. The van der Waals surface area contributed by atoms with Crippen LogP contribution in [-0.2, 0) is 16.0 Å². The van der Waals surface area contributed by atoms with E-state index < -0.39 is 5.97 Å². The molecule has 0 bridgehead atoms. The summed E-state index contributed by atoms with van der Waals surface area (Å²) in [6.07, 6.45) is 0.815. The van der Waals surface area contributed by atoms with Crippen molar-refractivity contribution in [3.63, 3.8) is 0 Å². The fourth-order valence-electron chi connectivity index (χ4n) is 2.75. The Kier molecular flexibility index (Phi) is 7.21. The molecule has 0 atom stereocenters. The summed E-state index contributed by atoms with van der Waals surface area (Å²) in [5.74, 6) is -0.853. The van der Waals surface area contributed by atoms with Crippen LogP contribution in [0, 0.1) is 0 Å². The number of nitrogens with zero attached hydrogens (tertiary/aromatic N) is 1. The Labute approximate surface area is 155 Å². The van der Waals surface area contributed by atoms with Crippen molar-refractivity contribution < 1.29 is 14.3 Å². The van der Waals surface area contributed by atoms with Crippen LogP contribution >= 0.6 is 0 Å². The number of carbonyl (C=O) groups excluding carboxylic acids is 2. The van der Waals surface area contributed by atoms with Crippen molar-refractivity contribution in [3.05, 3.63) is 59.7 Å². The fraction of sp³-hybridized carbons (Fsp3) is 0.333. The lowest BCUT2D eigenvalue weighted by molar-refractivity contribution is -0.119. The lowest BCUT2D eigenvalue weighted by Crippen LogP contribution is -2.22. The highest BCUT2D eigenvalue weighted by Crippen LogP contribution is 2.16. The lowest BCUT2D eigenvalue weighted by atomic mass is 10.1. The molecule has 0 unspecified atom stereocenters. The number of esters is 1. The minimum atomic E-state index is -0.505. The topological polar surface area (TPSA) is 58.6 Å². The molecule has 0 aliphatic carbocycles. The van der Waals surface area contributed by atoms with Crippen molar-refractivity contribution in [2.24, 2.45) is 0 Å². The molecule has 2 rings (SSSR count). The molecule has 0 saturated heterocycles. The molecule has 0 aromatic heterocycles. The van der Waals surface area contributed by atoms with Crippen molar-refractivity contribution in [1.82, 2.24) is 0 Å². The van der Waals surface area contributed by atoms with Gasteiger partial charge in [0, 0.05) is 24.5 Å². The van der Waals surface area contributed by atoms with E-state index in [9.17, 15) is 9.59 Å². The van der Waals surface area contributed by atoms with Gasteiger partial charge < -0.3 is 15.0 Å². The Bertz CT molecular complexity index is 737. The van der Waals surface area contributed by atoms with Crippen LogP contribution in [-0.4, -0.2) is 31.6 Å². The van der Waals surface area contributed by atoms with Gasteiger partial charge in [-0.1, -0.05) is 25.1 Å². The average molecular weight is 354 g/mol. The minimum absolute atomic E-state index is 0.311. The van der Waals surface area contributed by atoms with Gasteiger partial charge >= 0.3 is 5.97 Å². The predicted molar refractivity (Wildman–Crippen MR) is 105 cm³/mol. The largest absolute Gasteiger partial charge is 0.452 e. The highest BCUT2D eigenvalue weighted by Gasteiger charge is 2.12. The second-order valence-corrected chi connectivity index (χ2v) is 5.85. The SMILES string of the molecule is CCc1ccccc1NC(=O)COC(=O)c1ccc(N(CC)CC)cc1. The summed E-state index contributed by atoms with van der Waals surface area (Å²) in [5, 5.41) is 2.78. The highest BCUT2D eigenvalue weighted by atomic mass is 16.5. The molecule has 0 radical (unpaired) electrons. The maximum absolute atomic E-state index is 12.1. The summed E-state index contributed by atoms with van der Waals surface area (Å²) in [6.45, 7) is 7.68. The van der Waals surface area contributed by atoms with Crippen LogP contribution in [0.5, 0.6) is 0 Å². The van der Waals surface area contributed by atoms with Gasteiger partial charge in [-0.2, -0.15) is 0 Å². The first-order valence-electron chi connectivity index (χ1n) is 8.98. The monoisotopic (exact) mass is 354 g/mol. The number of hydrogen-bond donors (Lipinski definition) is 1. The number of nitrogens with one attached hydrogen (secondary N) is 1. The first kappa shape index (κ1) is 19.5. The van der Waals surface area contributed by atoms with Crippen LogP contribution in [0.25, 0.3) is 0 Å². The molecule has 1 N–H and O–H groups in total. The van der Waals surface area contributed by atoms with E-state index in [0.717, 1.165) is 36.4 Å². The van der Waals surface area contributed by atoms with E-state index in [1.165, 1.54) is 0 Å². The smallest absolute Gasteiger partial charge is 0.338 e. The van der Waals surface area contributed by atoms with Crippen molar-refractivity contribution in [2.45, 2.75) is 27.2 Å². The molecule has 2 aromatic carbocycles. The Morgan fingerprint density at radius 3 is 2.23 bits per heavy atom. The van der Waals surface area contributed by atoms with E-state index >= 15 is 0 Å². The van der Waals surface area contributed by atoms with Gasteiger partial charge in [0.25, 0.3) is 5.91 Å². The second kappa shape index (κ2) is 9.61. The molecule has 138 valence electrons. The molecule has 5 nitrogen and oxygen atoms in total. The van der Waals surface area contributed by atoms with Crippen molar-refractivity contribution in [3.8, 4) is 0 Å². The molecule has 0 fully saturated rings. The zero-order chi connectivity index (χ0) is 18.9. The molecular formula is C21H26N2O3. The maximum Gasteiger partial charge on any atom is 0.338 e. The molecule has 0 saturated carbocycles. The quantitative estimate of drug-likeness (QED) is 0.731. The zero-order valence-electron chi connectivity index (χ0n) is 15.6. The number of para-hydroxylation sites is 1. The van der Waals surface area contributed by atoms with E-state index in [1.807, 2.05) is 43.3 Å². The summed E-state index contributed by atoms with van der Waals surface area (Å²) in [7, 11) is 0. The lowest BCUT2D eigenvalue weighted by Gasteiger charge is -2.20. The van der Waals surface area contributed by atoms with E-state index in [0.29, 0.717) is 5.56 Å². The van der Waals surface area contributed by atoms with Crippen LogP contribution in [0.4, 0.5) is 11.4 Å². The van der Waals surface area contributed by atoms with Crippen molar-refractivity contribution >= 4 is 23.3 Å². The Balaban J connectivity index is 1.90. The van der Waals surface area contributed by atoms with Gasteiger partial charge in [-0.15, -0.1) is 0 Å². The standard InChI is InChI=1S/C21H26N2O3/c1-4-16-9-7-8-10-19(16)22-20(24)15-26-21(25)17-11-13-18(14-12-17)23(5-2)6-3/h7-14H,4-6,15H2,1-3H3,(H,22,24). The first-order chi connectivity index (χ1) is 12.6. The number of anilines is 2. The van der Waals surface area contributed by atoms with Gasteiger partial charge in [-0.3, -0.25) is 4.79 Å². The van der Waals surface area contributed by atoms with Crippen LogP contribution in [0.1, 0.15) is 36.7 Å². The van der Waals surface area contributed by atoms with Crippen LogP contribution in [0.15, 0.2) is 48.5 Å². The van der Waals surface area contributed by atoms with Crippen LogP contribution in [0.3, 0.4) is 0 Å². The second-order valence-electron chi connectivity index (χ2n) is 5.85. The summed E-state index contributed by atoms with van der Waals surface area (Å²) in [4.78, 5) is 26.4. The number of carbonyl (C=O) groups is 2. The number of rotatable bonds is 8. The molecule has 0 heterocycles. The maximum atomic E-state index is 12.1. The van der Waals surface area contributed by atoms with Gasteiger partial charge in [-0.25, -0.2) is 4.79 Å². The van der Waals surface area contributed by atoms with Gasteiger partial charge in [0.2, 0.25) is 0 Å². The summed E-state index contributed by atoms with van der Waals surface area (Å²) < 4.78 is 5.12. The van der Waals surface area contributed by atoms with Crippen molar-refractivity contribution in [2.75, 3.05) is 29.9 Å². The van der Waals surface area contributed by atoms with Crippen LogP contribution < -0.4 is 10.2 Å². The van der Waals surface area contributed by atoms with Crippen LogP contribution in [0.2, 0.25) is 0 Å². The zero-order valence-corrected chi connectivity index (χ0v) is 15.6. The Hall–Kier alpha value is -2.82. The highest BCUT2D eigenvalue weighted by molar-refractivity contribution is 5.96. The number of ether oxygens (including phenoxy) is 1. The predicted octanol–water partition coefficient (Wildman–Crippen LogP) is 3.89. The summed E-state index contributed by atoms with van der Waals surface area (Å²) in [6, 6.07) is 14.8. The van der Waals surface area contributed by atoms with E-state index in [4.69, 9.17) is 4.74 Å². The third-order valence-corrected chi connectivity index (χ3v) is 4.24. The third kappa shape index (κ3) is 5.09. The number of benzene rings is 2. The molecule has 5 heteroatoms. The summed E-state index contributed by atoms with van der Waals surface area (Å²) >= 11 is 0. The van der Waals surface area contributed by atoms with Gasteiger partial charge in [0.1, 0.15) is 0 Å². The minimum Gasteiger partial charge on any atom is -0.452 e. The normalized spacial score (nSPS) is 10.3. The third-order valence-electron chi connectivity index (χ3n) is 4.24. The van der Waals surface area contributed by atoms with Crippen molar-refractivity contribution in [1.29, 1.82) is 0 Å². The van der Waals surface area contributed by atoms with E-state index in [2.05, 4.69) is 24.1 Å². The molecule has 26 heavy (non-hydrogen) atoms. The fourth-order valence-corrected chi connectivity index (χ4v) is 2.75. The van der Waals surface area contributed by atoms with E-state index in [1.54, 1.807) is 12.1 Å². The average Bonchev–Trinajstić information content (AvgIpc) is 2.68. The molecular weight excluding hydrogens is 328 g/mol. The molecule has 2 aromatic rings. The molecule has 0 aliphatic heterocycles.